The Morgan fingerprint density at radius 3 is 2.75 bits per heavy atom. The van der Waals surface area contributed by atoms with Crippen LogP contribution in [0.25, 0.3) is 0 Å². The Morgan fingerprint density at radius 1 is 1.67 bits per heavy atom. The van der Waals surface area contributed by atoms with Crippen molar-refractivity contribution in [2.75, 3.05) is 13.2 Å². The van der Waals surface area contributed by atoms with Crippen LogP contribution in [0.2, 0.25) is 0 Å². The molecule has 3 nitrogen and oxygen atoms in total. The summed E-state index contributed by atoms with van der Waals surface area (Å²) in [6, 6.07) is 1.99. The second kappa shape index (κ2) is 3.42. The molecule has 1 fully saturated rings. The minimum atomic E-state index is -1.16. The highest BCUT2D eigenvalue weighted by molar-refractivity contribution is 5.06. The molecule has 0 aromatic carbocycles. The van der Waals surface area contributed by atoms with Crippen molar-refractivity contribution in [1.29, 1.82) is 5.26 Å². The van der Waals surface area contributed by atoms with Crippen LogP contribution in [0.3, 0.4) is 0 Å². The zero-order chi connectivity index (χ0) is 9.19. The standard InChI is InChI=1S/C9H15NO2/c1-7(2)8-5-12-4-3-9(8,11)6-10/h7-8,11H,3-5H2,1-2H3. The van der Waals surface area contributed by atoms with Gasteiger partial charge >= 0.3 is 0 Å². The van der Waals surface area contributed by atoms with Crippen LogP contribution in [0.1, 0.15) is 20.3 Å². The average Bonchev–Trinajstić information content (AvgIpc) is 2.05. The third-order valence-electron chi connectivity index (χ3n) is 2.54. The molecule has 0 amide bonds. The number of ether oxygens (including phenoxy) is 1. The van der Waals surface area contributed by atoms with E-state index in [-0.39, 0.29) is 11.8 Å². The molecule has 0 spiro atoms. The summed E-state index contributed by atoms with van der Waals surface area (Å²) < 4.78 is 5.23. The zero-order valence-electron chi connectivity index (χ0n) is 7.58. The first-order valence-corrected chi connectivity index (χ1v) is 4.31. The predicted octanol–water partition coefficient (Wildman–Crippen LogP) is 0.934. The van der Waals surface area contributed by atoms with E-state index < -0.39 is 5.60 Å². The van der Waals surface area contributed by atoms with Gasteiger partial charge in [0.1, 0.15) is 0 Å². The van der Waals surface area contributed by atoms with Gasteiger partial charge in [-0.25, -0.2) is 0 Å². The number of aliphatic hydroxyl groups is 1. The van der Waals surface area contributed by atoms with Crippen molar-refractivity contribution >= 4 is 0 Å². The van der Waals surface area contributed by atoms with Crippen molar-refractivity contribution < 1.29 is 9.84 Å². The summed E-state index contributed by atoms with van der Waals surface area (Å²) in [6.07, 6.45) is 0.437. The van der Waals surface area contributed by atoms with E-state index in [4.69, 9.17) is 10.00 Å². The maximum atomic E-state index is 9.87. The fraction of sp³-hybridized carbons (Fsp3) is 0.889. The summed E-state index contributed by atoms with van der Waals surface area (Å²) in [7, 11) is 0. The van der Waals surface area contributed by atoms with E-state index in [1.165, 1.54) is 0 Å². The number of nitrogens with zero attached hydrogens (tertiary/aromatic N) is 1. The van der Waals surface area contributed by atoms with Gasteiger partial charge in [0.25, 0.3) is 0 Å². The second-order valence-electron chi connectivity index (χ2n) is 3.71. The molecule has 2 atom stereocenters. The smallest absolute Gasteiger partial charge is 0.158 e. The lowest BCUT2D eigenvalue weighted by atomic mass is 9.78. The molecule has 0 aliphatic carbocycles. The molecule has 12 heavy (non-hydrogen) atoms. The van der Waals surface area contributed by atoms with Crippen LogP contribution in [-0.4, -0.2) is 23.9 Å². The van der Waals surface area contributed by atoms with Crippen LogP contribution >= 0.6 is 0 Å². The summed E-state index contributed by atoms with van der Waals surface area (Å²) >= 11 is 0. The van der Waals surface area contributed by atoms with Crippen LogP contribution in [0.15, 0.2) is 0 Å². The molecule has 0 aromatic rings. The summed E-state index contributed by atoms with van der Waals surface area (Å²) in [4.78, 5) is 0. The highest BCUT2D eigenvalue weighted by Gasteiger charge is 2.41. The summed E-state index contributed by atoms with van der Waals surface area (Å²) in [5, 5.41) is 18.7. The van der Waals surface area contributed by atoms with Gasteiger partial charge in [-0.15, -0.1) is 0 Å². The molecule has 2 unspecified atom stereocenters. The van der Waals surface area contributed by atoms with Crippen molar-refractivity contribution in [3.63, 3.8) is 0 Å². The number of rotatable bonds is 1. The van der Waals surface area contributed by atoms with E-state index >= 15 is 0 Å². The van der Waals surface area contributed by atoms with Crippen molar-refractivity contribution in [3.05, 3.63) is 0 Å². The van der Waals surface area contributed by atoms with Gasteiger partial charge in [-0.05, 0) is 5.92 Å². The fourth-order valence-corrected chi connectivity index (χ4v) is 1.64. The molecule has 0 aromatic heterocycles. The minimum Gasteiger partial charge on any atom is -0.381 e. The maximum absolute atomic E-state index is 9.87. The molecular weight excluding hydrogens is 154 g/mol. The lowest BCUT2D eigenvalue weighted by Gasteiger charge is -2.36. The van der Waals surface area contributed by atoms with Gasteiger partial charge < -0.3 is 9.84 Å². The molecule has 1 saturated heterocycles. The quantitative estimate of drug-likeness (QED) is 0.594. The third-order valence-corrected chi connectivity index (χ3v) is 2.54. The molecule has 1 N–H and O–H groups in total. The van der Waals surface area contributed by atoms with Gasteiger partial charge in [-0.3, -0.25) is 0 Å². The van der Waals surface area contributed by atoms with Gasteiger partial charge in [-0.1, -0.05) is 13.8 Å². The minimum absolute atomic E-state index is 0.0451. The van der Waals surface area contributed by atoms with Crippen molar-refractivity contribution in [1.82, 2.24) is 0 Å². The molecule has 3 heteroatoms. The van der Waals surface area contributed by atoms with Crippen molar-refractivity contribution in [3.8, 4) is 6.07 Å². The summed E-state index contributed by atoms with van der Waals surface area (Å²) in [6.45, 7) is 5.00. The van der Waals surface area contributed by atoms with Crippen LogP contribution < -0.4 is 0 Å². The van der Waals surface area contributed by atoms with Crippen LogP contribution in [0.4, 0.5) is 0 Å². The molecule has 68 valence electrons. The molecule has 0 bridgehead atoms. The highest BCUT2D eigenvalue weighted by atomic mass is 16.5. The predicted molar refractivity (Wildman–Crippen MR) is 44.3 cm³/mol. The van der Waals surface area contributed by atoms with E-state index in [2.05, 4.69) is 0 Å². The fourth-order valence-electron chi connectivity index (χ4n) is 1.64. The zero-order valence-corrected chi connectivity index (χ0v) is 7.58. The Morgan fingerprint density at radius 2 is 2.33 bits per heavy atom. The Bertz CT molecular complexity index is 197. The van der Waals surface area contributed by atoms with Crippen LogP contribution in [0.5, 0.6) is 0 Å². The number of hydrogen-bond donors (Lipinski definition) is 1. The van der Waals surface area contributed by atoms with E-state index in [0.29, 0.717) is 19.6 Å². The first-order valence-electron chi connectivity index (χ1n) is 4.31. The second-order valence-corrected chi connectivity index (χ2v) is 3.71. The van der Waals surface area contributed by atoms with Gasteiger partial charge in [0.15, 0.2) is 5.60 Å². The maximum Gasteiger partial charge on any atom is 0.158 e. The molecule has 0 saturated carbocycles. The largest absolute Gasteiger partial charge is 0.381 e. The Kier molecular flexibility index (Phi) is 2.71. The topological polar surface area (TPSA) is 53.2 Å². The summed E-state index contributed by atoms with van der Waals surface area (Å²) in [5.74, 6) is 0.242. The van der Waals surface area contributed by atoms with Gasteiger partial charge in [0.2, 0.25) is 0 Å². The van der Waals surface area contributed by atoms with Crippen molar-refractivity contribution in [2.45, 2.75) is 25.9 Å². The van der Waals surface area contributed by atoms with Crippen molar-refractivity contribution in [2.24, 2.45) is 11.8 Å². The molecule has 1 rings (SSSR count). The number of hydrogen-bond acceptors (Lipinski definition) is 3. The van der Waals surface area contributed by atoms with E-state index in [0.717, 1.165) is 0 Å². The molecule has 1 aliphatic rings. The van der Waals surface area contributed by atoms with Crippen LogP contribution in [-0.2, 0) is 4.74 Å². The van der Waals surface area contributed by atoms with Gasteiger partial charge in [0.05, 0.1) is 19.3 Å². The number of nitriles is 1. The first-order chi connectivity index (χ1) is 5.60. The lowest BCUT2D eigenvalue weighted by Crippen LogP contribution is -2.46. The van der Waals surface area contributed by atoms with Crippen LogP contribution in [0, 0.1) is 23.2 Å². The molecule has 1 heterocycles. The Labute approximate surface area is 73.0 Å². The molecule has 0 radical (unpaired) electrons. The Hall–Kier alpha value is -0.590. The third kappa shape index (κ3) is 1.60. The van der Waals surface area contributed by atoms with Gasteiger partial charge in [0, 0.05) is 12.3 Å². The Balaban J connectivity index is 2.75. The monoisotopic (exact) mass is 169 g/mol. The van der Waals surface area contributed by atoms with E-state index in [9.17, 15) is 5.11 Å². The first kappa shape index (κ1) is 9.50. The average molecular weight is 169 g/mol. The SMILES string of the molecule is CC(C)C1COCCC1(O)C#N. The highest BCUT2D eigenvalue weighted by Crippen LogP contribution is 2.31. The molecular formula is C9H15NO2. The summed E-state index contributed by atoms with van der Waals surface area (Å²) in [5.41, 5.74) is -1.16. The van der Waals surface area contributed by atoms with E-state index in [1.54, 1.807) is 0 Å². The normalized spacial score (nSPS) is 36.4. The molecule has 1 aliphatic heterocycles. The lowest BCUT2D eigenvalue weighted by molar-refractivity contribution is -0.0932. The van der Waals surface area contributed by atoms with Gasteiger partial charge in [-0.2, -0.15) is 5.26 Å². The van der Waals surface area contributed by atoms with E-state index in [1.807, 2.05) is 19.9 Å².